The zero-order valence-corrected chi connectivity index (χ0v) is 18.3. The Morgan fingerprint density at radius 3 is 2.38 bits per heavy atom. The van der Waals surface area contributed by atoms with Crippen LogP contribution in [-0.2, 0) is 32.0 Å². The van der Waals surface area contributed by atoms with Crippen LogP contribution < -0.4 is 0 Å². The molecule has 1 N–H and O–H groups in total. The number of fused-ring (bicyclic) bond motifs is 3. The molecule has 0 aromatic heterocycles. The second-order valence-corrected chi connectivity index (χ2v) is 9.53. The zero-order valence-electron chi connectivity index (χ0n) is 16.2. The van der Waals surface area contributed by atoms with E-state index in [0.717, 1.165) is 11.1 Å². The fourth-order valence-corrected chi connectivity index (χ4v) is 6.19. The molecule has 0 aliphatic heterocycles. The zero-order chi connectivity index (χ0) is 21.2. The maximum absolute atomic E-state index is 13.3. The van der Waals surface area contributed by atoms with Crippen LogP contribution in [0.5, 0.6) is 5.75 Å². The molecule has 152 valence electrons. The van der Waals surface area contributed by atoms with Gasteiger partial charge in [-0.3, -0.25) is 24.0 Å². The number of benzene rings is 1. The lowest BCUT2D eigenvalue weighted by Gasteiger charge is -2.44. The van der Waals surface area contributed by atoms with Gasteiger partial charge < -0.3 is 5.11 Å². The summed E-state index contributed by atoms with van der Waals surface area (Å²) < 4.78 is 0.558. The summed E-state index contributed by atoms with van der Waals surface area (Å²) in [5.74, 6) is -6.84. The molecule has 1 aromatic carbocycles. The Bertz CT molecular complexity index is 994. The Labute approximate surface area is 181 Å². The van der Waals surface area contributed by atoms with Crippen LogP contribution in [-0.4, -0.2) is 34.0 Å². The maximum atomic E-state index is 13.3. The van der Waals surface area contributed by atoms with Crippen molar-refractivity contribution in [3.8, 4) is 5.75 Å². The number of aryl methyl sites for hydroxylation is 1. The van der Waals surface area contributed by atoms with Crippen LogP contribution in [0.25, 0.3) is 0 Å². The van der Waals surface area contributed by atoms with Crippen molar-refractivity contribution in [2.24, 2.45) is 29.6 Å². The van der Waals surface area contributed by atoms with Crippen molar-refractivity contribution in [2.45, 2.75) is 39.5 Å². The van der Waals surface area contributed by atoms with Crippen LogP contribution in [0, 0.1) is 33.2 Å². The molecule has 0 spiro atoms. The Hall–Kier alpha value is -1.90. The minimum absolute atomic E-state index is 0.0230. The molecule has 5 atom stereocenters. The van der Waals surface area contributed by atoms with E-state index in [1.54, 1.807) is 0 Å². The fraction of sp³-hybridized carbons (Fsp3) is 0.500. The Kier molecular flexibility index (Phi) is 4.99. The predicted octanol–water partition coefficient (Wildman–Crippen LogP) is 2.48. The number of Topliss-reactive ketones (excluding diaryl/α,β-unsaturated/α-hetero) is 5. The molecule has 0 radical (unpaired) electrons. The van der Waals surface area contributed by atoms with Gasteiger partial charge in [-0.15, -0.1) is 0 Å². The van der Waals surface area contributed by atoms with Crippen molar-refractivity contribution in [3.63, 3.8) is 0 Å². The van der Waals surface area contributed by atoms with E-state index in [1.807, 2.05) is 35.6 Å². The van der Waals surface area contributed by atoms with Crippen LogP contribution in [0.2, 0.25) is 0 Å². The average molecular weight is 508 g/mol. The molecule has 6 nitrogen and oxygen atoms in total. The summed E-state index contributed by atoms with van der Waals surface area (Å²) in [5.41, 5.74) is 1.94. The van der Waals surface area contributed by atoms with E-state index in [2.05, 4.69) is 0 Å². The van der Waals surface area contributed by atoms with E-state index in [-0.39, 0.29) is 23.7 Å². The van der Waals surface area contributed by atoms with Gasteiger partial charge in [0.1, 0.15) is 17.5 Å². The van der Waals surface area contributed by atoms with Gasteiger partial charge in [0, 0.05) is 6.42 Å². The van der Waals surface area contributed by atoms with Crippen molar-refractivity contribution >= 4 is 51.5 Å². The Morgan fingerprint density at radius 2 is 1.76 bits per heavy atom. The number of ketones is 5. The maximum Gasteiger partial charge on any atom is 0.177 e. The lowest BCUT2D eigenvalue weighted by atomic mass is 9.55. The molecule has 0 bridgehead atoms. The molecule has 4 rings (SSSR count). The van der Waals surface area contributed by atoms with Gasteiger partial charge in [0.15, 0.2) is 23.1 Å². The summed E-state index contributed by atoms with van der Waals surface area (Å²) in [6.07, 6.45) is 1.60. The third kappa shape index (κ3) is 2.92. The van der Waals surface area contributed by atoms with Gasteiger partial charge in [-0.25, -0.2) is 0 Å². The van der Waals surface area contributed by atoms with E-state index in [9.17, 15) is 29.1 Å². The molecule has 0 amide bonds. The molecule has 3 aliphatic carbocycles. The van der Waals surface area contributed by atoms with Crippen LogP contribution >= 0.6 is 22.6 Å². The third-order valence-electron chi connectivity index (χ3n) is 6.77. The second kappa shape index (κ2) is 7.11. The minimum atomic E-state index is -1.39. The first-order valence-electron chi connectivity index (χ1n) is 9.85. The Balaban J connectivity index is 1.79. The summed E-state index contributed by atoms with van der Waals surface area (Å²) in [5, 5.41) is 10.5. The molecule has 5 unspecified atom stereocenters. The highest BCUT2D eigenvalue weighted by atomic mass is 127. The third-order valence-corrected chi connectivity index (χ3v) is 7.60. The first-order valence-corrected chi connectivity index (χ1v) is 10.9. The summed E-state index contributed by atoms with van der Waals surface area (Å²) in [6, 6.07) is 1.86. The van der Waals surface area contributed by atoms with E-state index < -0.39 is 52.6 Å². The lowest BCUT2D eigenvalue weighted by Crippen LogP contribution is -2.55. The van der Waals surface area contributed by atoms with Crippen molar-refractivity contribution in [3.05, 3.63) is 26.3 Å². The van der Waals surface area contributed by atoms with E-state index >= 15 is 0 Å². The molecule has 7 heteroatoms. The van der Waals surface area contributed by atoms with Gasteiger partial charge >= 0.3 is 0 Å². The summed E-state index contributed by atoms with van der Waals surface area (Å²) in [4.78, 5) is 63.7. The molecule has 0 heterocycles. The number of hydrogen-bond acceptors (Lipinski definition) is 6. The largest absolute Gasteiger partial charge is 0.506 e. The normalized spacial score (nSPS) is 31.2. The molecule has 2 saturated carbocycles. The molecule has 2 fully saturated rings. The number of rotatable bonds is 2. The fourth-order valence-electron chi connectivity index (χ4n) is 5.54. The van der Waals surface area contributed by atoms with Crippen LogP contribution in [0.1, 0.15) is 48.2 Å². The number of phenolic OH excluding ortho intramolecular Hbond substituents is 1. The number of halogens is 1. The van der Waals surface area contributed by atoms with E-state index in [4.69, 9.17) is 0 Å². The number of aromatic hydroxyl groups is 1. The van der Waals surface area contributed by atoms with Gasteiger partial charge in [0.25, 0.3) is 0 Å². The number of hydrogen-bond donors (Lipinski definition) is 1. The standard InChI is InChI=1S/C22H21IO6/c1-3-9-6-13(23)19(26)18-12(9)5-10-4-11-7-14(25)15(8(2)24)20(27)17(11)21(28)16(10)22(18)29/h6,10-11,15-17,26H,3-5,7H2,1-2H3. The number of carbonyl (C=O) groups excluding carboxylic acids is 5. The summed E-state index contributed by atoms with van der Waals surface area (Å²) in [6.45, 7) is 3.16. The van der Waals surface area contributed by atoms with Crippen LogP contribution in [0.4, 0.5) is 0 Å². The monoisotopic (exact) mass is 508 g/mol. The van der Waals surface area contributed by atoms with E-state index in [0.29, 0.717) is 22.8 Å². The minimum Gasteiger partial charge on any atom is -0.506 e. The molecule has 29 heavy (non-hydrogen) atoms. The van der Waals surface area contributed by atoms with Gasteiger partial charge in [-0.1, -0.05) is 6.92 Å². The second-order valence-electron chi connectivity index (χ2n) is 8.37. The first kappa shape index (κ1) is 20.4. The quantitative estimate of drug-likeness (QED) is 0.486. The molecule has 3 aliphatic rings. The van der Waals surface area contributed by atoms with Crippen molar-refractivity contribution in [1.82, 2.24) is 0 Å². The SMILES string of the molecule is CCc1cc(I)c(O)c2c1CC1CC3CC(=O)C(C(C)=O)C(=O)C3C(=O)C1C2=O. The summed E-state index contributed by atoms with van der Waals surface area (Å²) in [7, 11) is 0. The molecular formula is C22H21IO6. The highest BCUT2D eigenvalue weighted by molar-refractivity contribution is 14.1. The molecule has 1 aromatic rings. The smallest absolute Gasteiger partial charge is 0.177 e. The van der Waals surface area contributed by atoms with Crippen molar-refractivity contribution < 1.29 is 29.1 Å². The Morgan fingerprint density at radius 1 is 1.10 bits per heavy atom. The van der Waals surface area contributed by atoms with Gasteiger partial charge in [0.2, 0.25) is 0 Å². The highest BCUT2D eigenvalue weighted by Gasteiger charge is 2.57. The first-order chi connectivity index (χ1) is 13.7. The van der Waals surface area contributed by atoms with Gasteiger partial charge in [-0.05, 0) is 77.8 Å². The average Bonchev–Trinajstić information content (AvgIpc) is 2.63. The highest BCUT2D eigenvalue weighted by Crippen LogP contribution is 2.49. The number of phenols is 1. The van der Waals surface area contributed by atoms with E-state index in [1.165, 1.54) is 6.92 Å². The molecular weight excluding hydrogens is 487 g/mol. The van der Waals surface area contributed by atoms with Crippen molar-refractivity contribution in [1.29, 1.82) is 0 Å². The van der Waals surface area contributed by atoms with Crippen LogP contribution in [0.15, 0.2) is 6.07 Å². The number of carbonyl (C=O) groups is 5. The summed E-state index contributed by atoms with van der Waals surface area (Å²) >= 11 is 1.97. The van der Waals surface area contributed by atoms with Crippen molar-refractivity contribution in [2.75, 3.05) is 0 Å². The predicted molar refractivity (Wildman–Crippen MR) is 111 cm³/mol. The lowest BCUT2D eigenvalue weighted by molar-refractivity contribution is -0.152. The molecule has 0 saturated heterocycles. The topological polar surface area (TPSA) is 106 Å². The van der Waals surface area contributed by atoms with Crippen LogP contribution in [0.3, 0.4) is 0 Å². The van der Waals surface area contributed by atoms with Gasteiger partial charge in [0.05, 0.1) is 21.0 Å². The van der Waals surface area contributed by atoms with Gasteiger partial charge in [-0.2, -0.15) is 0 Å².